The predicted molar refractivity (Wildman–Crippen MR) is 83.6 cm³/mol. The van der Waals surface area contributed by atoms with E-state index in [2.05, 4.69) is 5.32 Å². The SMILES string of the molecule is COC(=O)C(Nc1cccc(Cl)c1)c1cc(C)sc1C. The van der Waals surface area contributed by atoms with E-state index in [4.69, 9.17) is 16.3 Å². The molecule has 0 saturated heterocycles. The Hall–Kier alpha value is -1.52. The molecule has 1 unspecified atom stereocenters. The number of methoxy groups -OCH3 is 1. The van der Waals surface area contributed by atoms with Crippen LogP contribution < -0.4 is 5.32 Å². The van der Waals surface area contributed by atoms with E-state index in [9.17, 15) is 4.79 Å². The van der Waals surface area contributed by atoms with Crippen LogP contribution in [0.4, 0.5) is 5.69 Å². The number of carbonyl (C=O) groups excluding carboxylic acids is 1. The standard InChI is InChI=1S/C15H16ClNO2S/c1-9-7-13(10(2)20-9)14(15(18)19-3)17-12-6-4-5-11(16)8-12/h4-8,14,17H,1-3H3. The number of hydrogen-bond acceptors (Lipinski definition) is 4. The topological polar surface area (TPSA) is 38.3 Å². The van der Waals surface area contributed by atoms with Crippen molar-refractivity contribution in [2.45, 2.75) is 19.9 Å². The van der Waals surface area contributed by atoms with Crippen molar-refractivity contribution in [3.8, 4) is 0 Å². The minimum absolute atomic E-state index is 0.314. The Balaban J connectivity index is 2.34. The summed E-state index contributed by atoms with van der Waals surface area (Å²) in [5, 5.41) is 3.81. The van der Waals surface area contributed by atoms with Gasteiger partial charge in [0.05, 0.1) is 7.11 Å². The Kier molecular flexibility index (Phi) is 4.68. The van der Waals surface area contributed by atoms with Crippen molar-refractivity contribution in [1.29, 1.82) is 0 Å². The molecular weight excluding hydrogens is 294 g/mol. The van der Waals surface area contributed by atoms with Crippen molar-refractivity contribution in [3.63, 3.8) is 0 Å². The molecule has 0 bridgehead atoms. The van der Waals surface area contributed by atoms with Crippen LogP contribution in [0.15, 0.2) is 30.3 Å². The van der Waals surface area contributed by atoms with Crippen LogP contribution in [0.3, 0.4) is 0 Å². The summed E-state index contributed by atoms with van der Waals surface area (Å²) in [7, 11) is 1.39. The van der Waals surface area contributed by atoms with Crippen molar-refractivity contribution < 1.29 is 9.53 Å². The number of ether oxygens (including phenoxy) is 1. The largest absolute Gasteiger partial charge is 0.467 e. The van der Waals surface area contributed by atoms with Crippen LogP contribution >= 0.6 is 22.9 Å². The molecule has 20 heavy (non-hydrogen) atoms. The van der Waals surface area contributed by atoms with Gasteiger partial charge in [-0.05, 0) is 43.7 Å². The number of benzene rings is 1. The van der Waals surface area contributed by atoms with Gasteiger partial charge in [0, 0.05) is 20.5 Å². The Morgan fingerprint density at radius 1 is 1.35 bits per heavy atom. The van der Waals surface area contributed by atoms with E-state index in [1.807, 2.05) is 32.0 Å². The van der Waals surface area contributed by atoms with Crippen molar-refractivity contribution in [2.75, 3.05) is 12.4 Å². The number of esters is 1. The summed E-state index contributed by atoms with van der Waals surface area (Å²) in [4.78, 5) is 14.3. The Labute approximate surface area is 127 Å². The number of thiophene rings is 1. The quantitative estimate of drug-likeness (QED) is 0.854. The summed E-state index contributed by atoms with van der Waals surface area (Å²) >= 11 is 7.63. The second-order valence-electron chi connectivity index (χ2n) is 4.48. The van der Waals surface area contributed by atoms with Gasteiger partial charge in [-0.15, -0.1) is 11.3 Å². The van der Waals surface area contributed by atoms with Crippen LogP contribution in [-0.2, 0) is 9.53 Å². The van der Waals surface area contributed by atoms with Crippen LogP contribution in [-0.4, -0.2) is 13.1 Å². The number of anilines is 1. The van der Waals surface area contributed by atoms with Crippen LogP contribution in [0.5, 0.6) is 0 Å². The van der Waals surface area contributed by atoms with Crippen LogP contribution in [0, 0.1) is 13.8 Å². The fraction of sp³-hybridized carbons (Fsp3) is 0.267. The van der Waals surface area contributed by atoms with Crippen LogP contribution in [0.25, 0.3) is 0 Å². The van der Waals surface area contributed by atoms with E-state index < -0.39 is 6.04 Å². The fourth-order valence-electron chi connectivity index (χ4n) is 2.06. The second-order valence-corrected chi connectivity index (χ2v) is 6.38. The van der Waals surface area contributed by atoms with Gasteiger partial charge in [0.1, 0.15) is 0 Å². The molecule has 2 aromatic rings. The van der Waals surface area contributed by atoms with E-state index >= 15 is 0 Å². The molecule has 5 heteroatoms. The maximum atomic E-state index is 12.1. The predicted octanol–water partition coefficient (Wildman–Crippen LogP) is 4.34. The first-order chi connectivity index (χ1) is 9.51. The molecule has 1 heterocycles. The van der Waals surface area contributed by atoms with Crippen molar-refractivity contribution in [3.05, 3.63) is 50.7 Å². The van der Waals surface area contributed by atoms with E-state index in [0.29, 0.717) is 5.02 Å². The zero-order valence-corrected chi connectivity index (χ0v) is 13.1. The van der Waals surface area contributed by atoms with E-state index in [1.54, 1.807) is 23.5 Å². The highest BCUT2D eigenvalue weighted by Crippen LogP contribution is 2.30. The Bertz CT molecular complexity index is 624. The van der Waals surface area contributed by atoms with Gasteiger partial charge < -0.3 is 10.1 Å². The van der Waals surface area contributed by atoms with Gasteiger partial charge in [-0.3, -0.25) is 0 Å². The van der Waals surface area contributed by atoms with Gasteiger partial charge in [0.15, 0.2) is 6.04 Å². The molecule has 0 aliphatic carbocycles. The average molecular weight is 310 g/mol. The molecule has 0 spiro atoms. The number of halogens is 1. The summed E-state index contributed by atoms with van der Waals surface area (Å²) in [6.07, 6.45) is 0. The van der Waals surface area contributed by atoms with Crippen LogP contribution in [0.2, 0.25) is 5.02 Å². The van der Waals surface area contributed by atoms with Crippen molar-refractivity contribution >= 4 is 34.6 Å². The highest BCUT2D eigenvalue weighted by atomic mass is 35.5. The van der Waals surface area contributed by atoms with E-state index in [0.717, 1.165) is 16.1 Å². The number of nitrogens with one attached hydrogen (secondary N) is 1. The first-order valence-electron chi connectivity index (χ1n) is 6.18. The molecule has 0 fully saturated rings. The second kappa shape index (κ2) is 6.29. The summed E-state index contributed by atoms with van der Waals surface area (Å²) in [5.74, 6) is -0.314. The van der Waals surface area contributed by atoms with Gasteiger partial charge in [0.2, 0.25) is 0 Å². The minimum Gasteiger partial charge on any atom is -0.467 e. The van der Waals surface area contributed by atoms with E-state index in [1.165, 1.54) is 12.0 Å². The van der Waals surface area contributed by atoms with Crippen LogP contribution in [0.1, 0.15) is 21.4 Å². The summed E-state index contributed by atoms with van der Waals surface area (Å²) < 4.78 is 4.90. The Morgan fingerprint density at radius 3 is 2.65 bits per heavy atom. The lowest BCUT2D eigenvalue weighted by atomic mass is 10.1. The highest BCUT2D eigenvalue weighted by Gasteiger charge is 2.24. The van der Waals surface area contributed by atoms with E-state index in [-0.39, 0.29) is 5.97 Å². The third kappa shape index (κ3) is 3.32. The highest BCUT2D eigenvalue weighted by molar-refractivity contribution is 7.12. The van der Waals surface area contributed by atoms with Crippen molar-refractivity contribution in [1.82, 2.24) is 0 Å². The molecule has 1 atom stereocenters. The molecule has 1 aromatic heterocycles. The Morgan fingerprint density at radius 2 is 2.10 bits per heavy atom. The van der Waals surface area contributed by atoms with Gasteiger partial charge in [-0.25, -0.2) is 4.79 Å². The molecule has 0 radical (unpaired) electrons. The molecule has 3 nitrogen and oxygen atoms in total. The van der Waals surface area contributed by atoms with Gasteiger partial charge in [0.25, 0.3) is 0 Å². The summed E-state index contributed by atoms with van der Waals surface area (Å²) in [6.45, 7) is 4.03. The summed E-state index contributed by atoms with van der Waals surface area (Å²) in [6, 6.07) is 8.77. The van der Waals surface area contributed by atoms with Gasteiger partial charge in [-0.2, -0.15) is 0 Å². The molecular formula is C15H16ClNO2S. The van der Waals surface area contributed by atoms with Crippen molar-refractivity contribution in [2.24, 2.45) is 0 Å². The monoisotopic (exact) mass is 309 g/mol. The number of carbonyl (C=O) groups is 1. The molecule has 2 rings (SSSR count). The number of hydrogen-bond donors (Lipinski definition) is 1. The number of rotatable bonds is 4. The summed E-state index contributed by atoms with van der Waals surface area (Å²) in [5.41, 5.74) is 1.73. The lowest BCUT2D eigenvalue weighted by Gasteiger charge is -2.18. The molecule has 0 saturated carbocycles. The van der Waals surface area contributed by atoms with Gasteiger partial charge in [-0.1, -0.05) is 17.7 Å². The average Bonchev–Trinajstić information content (AvgIpc) is 2.74. The molecule has 1 N–H and O–H groups in total. The number of aryl methyl sites for hydroxylation is 2. The molecule has 106 valence electrons. The third-order valence-electron chi connectivity index (χ3n) is 2.96. The molecule has 0 amide bonds. The first-order valence-corrected chi connectivity index (χ1v) is 7.37. The lowest BCUT2D eigenvalue weighted by molar-refractivity contribution is -0.141. The first kappa shape index (κ1) is 14.9. The minimum atomic E-state index is -0.525. The maximum absolute atomic E-state index is 12.1. The normalized spacial score (nSPS) is 12.0. The zero-order chi connectivity index (χ0) is 14.7. The molecule has 0 aliphatic heterocycles. The van der Waals surface area contributed by atoms with Gasteiger partial charge >= 0.3 is 5.97 Å². The maximum Gasteiger partial charge on any atom is 0.333 e. The fourth-order valence-corrected chi connectivity index (χ4v) is 3.22. The molecule has 1 aromatic carbocycles. The lowest BCUT2D eigenvalue weighted by Crippen LogP contribution is -2.22. The third-order valence-corrected chi connectivity index (χ3v) is 4.18. The molecule has 0 aliphatic rings. The smallest absolute Gasteiger partial charge is 0.333 e. The zero-order valence-electron chi connectivity index (χ0n) is 11.6.